The van der Waals surface area contributed by atoms with Gasteiger partial charge in [-0.25, -0.2) is 4.39 Å². The van der Waals surface area contributed by atoms with Gasteiger partial charge in [0.25, 0.3) is 0 Å². The van der Waals surface area contributed by atoms with E-state index in [9.17, 15) is 9.18 Å². The molecule has 1 atom stereocenters. The van der Waals surface area contributed by atoms with Gasteiger partial charge in [-0.1, -0.05) is 43.3 Å². The molecule has 0 saturated carbocycles. The number of fused-ring (bicyclic) bond motifs is 1. The SMILES string of the molecule is CCc1cccc2c([C@@H](CC(=O)N3CCCC3)c3ccccc3F)c[nH]c12. The molecule has 140 valence electrons. The van der Waals surface area contributed by atoms with Crippen molar-refractivity contribution >= 4 is 16.8 Å². The maximum atomic E-state index is 14.7. The Morgan fingerprint density at radius 1 is 1.11 bits per heavy atom. The van der Waals surface area contributed by atoms with Crippen molar-refractivity contribution in [3.63, 3.8) is 0 Å². The molecule has 1 saturated heterocycles. The average molecular weight is 364 g/mol. The first-order valence-electron chi connectivity index (χ1n) is 9.80. The maximum Gasteiger partial charge on any atom is 0.223 e. The summed E-state index contributed by atoms with van der Waals surface area (Å²) in [7, 11) is 0. The van der Waals surface area contributed by atoms with Gasteiger partial charge in [-0.3, -0.25) is 4.79 Å². The molecule has 0 spiro atoms. The second-order valence-electron chi connectivity index (χ2n) is 7.30. The number of H-pyrrole nitrogens is 1. The molecule has 1 fully saturated rings. The van der Waals surface area contributed by atoms with Gasteiger partial charge in [0.2, 0.25) is 5.91 Å². The summed E-state index contributed by atoms with van der Waals surface area (Å²) in [5.74, 6) is -0.431. The molecule has 0 aliphatic carbocycles. The number of likely N-dealkylation sites (tertiary alicyclic amines) is 1. The third-order valence-corrected chi connectivity index (χ3v) is 5.71. The minimum atomic E-state index is -0.292. The lowest BCUT2D eigenvalue weighted by atomic mass is 9.87. The fraction of sp³-hybridized carbons (Fsp3) is 0.348. The summed E-state index contributed by atoms with van der Waals surface area (Å²) in [5.41, 5.74) is 3.91. The number of rotatable bonds is 5. The van der Waals surface area contributed by atoms with Gasteiger partial charge in [-0.15, -0.1) is 0 Å². The Hall–Kier alpha value is -2.62. The Morgan fingerprint density at radius 3 is 2.63 bits per heavy atom. The normalized spacial score (nSPS) is 15.4. The molecule has 4 rings (SSSR count). The number of aryl methyl sites for hydroxylation is 1. The van der Waals surface area contributed by atoms with Crippen molar-refractivity contribution in [1.82, 2.24) is 9.88 Å². The van der Waals surface area contributed by atoms with Crippen molar-refractivity contribution in [2.75, 3.05) is 13.1 Å². The van der Waals surface area contributed by atoms with E-state index in [0.29, 0.717) is 12.0 Å². The van der Waals surface area contributed by atoms with Gasteiger partial charge in [-0.05, 0) is 42.0 Å². The highest BCUT2D eigenvalue weighted by atomic mass is 19.1. The van der Waals surface area contributed by atoms with Crippen LogP contribution in [0.25, 0.3) is 10.9 Å². The van der Waals surface area contributed by atoms with E-state index >= 15 is 0 Å². The molecule has 1 N–H and O–H groups in total. The minimum absolute atomic E-state index is 0.113. The van der Waals surface area contributed by atoms with E-state index in [1.807, 2.05) is 23.2 Å². The number of nitrogens with one attached hydrogen (secondary N) is 1. The predicted molar refractivity (Wildman–Crippen MR) is 106 cm³/mol. The van der Waals surface area contributed by atoms with Crippen LogP contribution >= 0.6 is 0 Å². The smallest absolute Gasteiger partial charge is 0.223 e. The number of hydrogen-bond donors (Lipinski definition) is 1. The van der Waals surface area contributed by atoms with Gasteiger partial charge in [0.15, 0.2) is 0 Å². The van der Waals surface area contributed by atoms with Crippen molar-refractivity contribution in [2.24, 2.45) is 0 Å². The first kappa shape index (κ1) is 17.8. The summed E-state index contributed by atoms with van der Waals surface area (Å²) in [6, 6.07) is 13.0. The summed E-state index contributed by atoms with van der Waals surface area (Å²) in [5, 5.41) is 1.08. The minimum Gasteiger partial charge on any atom is -0.361 e. The lowest BCUT2D eigenvalue weighted by molar-refractivity contribution is -0.130. The Labute approximate surface area is 159 Å². The zero-order valence-corrected chi connectivity index (χ0v) is 15.7. The highest BCUT2D eigenvalue weighted by Gasteiger charge is 2.27. The molecule has 27 heavy (non-hydrogen) atoms. The summed E-state index contributed by atoms with van der Waals surface area (Å²) >= 11 is 0. The third-order valence-electron chi connectivity index (χ3n) is 5.71. The molecular formula is C23H25FN2O. The van der Waals surface area contributed by atoms with Gasteiger partial charge in [0.1, 0.15) is 5.82 Å². The number of carbonyl (C=O) groups excluding carboxylic acids is 1. The fourth-order valence-electron chi connectivity index (χ4n) is 4.24. The topological polar surface area (TPSA) is 36.1 Å². The molecule has 4 heteroatoms. The molecule has 1 amide bonds. The van der Waals surface area contributed by atoms with Crippen LogP contribution in [-0.2, 0) is 11.2 Å². The Morgan fingerprint density at radius 2 is 1.89 bits per heavy atom. The third kappa shape index (κ3) is 3.36. The van der Waals surface area contributed by atoms with Crippen molar-refractivity contribution in [2.45, 2.75) is 38.5 Å². The van der Waals surface area contributed by atoms with Crippen LogP contribution in [0.5, 0.6) is 0 Å². The van der Waals surface area contributed by atoms with Gasteiger partial charge >= 0.3 is 0 Å². The van der Waals surface area contributed by atoms with E-state index in [0.717, 1.165) is 48.8 Å². The predicted octanol–water partition coefficient (Wildman–Crippen LogP) is 5.01. The van der Waals surface area contributed by atoms with Crippen LogP contribution in [0, 0.1) is 5.82 Å². The number of halogens is 1. The second-order valence-corrected chi connectivity index (χ2v) is 7.30. The molecule has 3 aromatic rings. The highest BCUT2D eigenvalue weighted by molar-refractivity contribution is 5.88. The average Bonchev–Trinajstić information content (AvgIpc) is 3.36. The molecule has 2 aromatic carbocycles. The van der Waals surface area contributed by atoms with Crippen LogP contribution in [0.4, 0.5) is 4.39 Å². The molecule has 2 heterocycles. The molecule has 0 radical (unpaired) electrons. The molecule has 1 aromatic heterocycles. The van der Waals surface area contributed by atoms with E-state index in [2.05, 4.69) is 24.0 Å². The number of amides is 1. The van der Waals surface area contributed by atoms with Crippen LogP contribution in [0.15, 0.2) is 48.7 Å². The lowest BCUT2D eigenvalue weighted by Gasteiger charge is -2.22. The first-order chi connectivity index (χ1) is 13.2. The molecular weight excluding hydrogens is 339 g/mol. The van der Waals surface area contributed by atoms with Crippen molar-refractivity contribution in [3.05, 3.63) is 71.2 Å². The van der Waals surface area contributed by atoms with Crippen molar-refractivity contribution < 1.29 is 9.18 Å². The number of carbonyl (C=O) groups is 1. The number of aromatic amines is 1. The number of hydrogen-bond acceptors (Lipinski definition) is 1. The van der Waals surface area contributed by atoms with Gasteiger partial charge in [0, 0.05) is 42.5 Å². The van der Waals surface area contributed by atoms with E-state index < -0.39 is 0 Å². The number of benzene rings is 2. The molecule has 0 bridgehead atoms. The van der Waals surface area contributed by atoms with Crippen molar-refractivity contribution in [1.29, 1.82) is 0 Å². The first-order valence-corrected chi connectivity index (χ1v) is 9.80. The summed E-state index contributed by atoms with van der Waals surface area (Å²) in [4.78, 5) is 18.2. The van der Waals surface area contributed by atoms with Gasteiger partial charge < -0.3 is 9.88 Å². The van der Waals surface area contributed by atoms with Gasteiger partial charge in [-0.2, -0.15) is 0 Å². The van der Waals surface area contributed by atoms with E-state index in [1.54, 1.807) is 12.1 Å². The largest absolute Gasteiger partial charge is 0.361 e. The fourth-order valence-corrected chi connectivity index (χ4v) is 4.24. The van der Waals surface area contributed by atoms with Crippen LogP contribution in [-0.4, -0.2) is 28.9 Å². The summed E-state index contributed by atoms with van der Waals surface area (Å²) in [6.45, 7) is 3.76. The van der Waals surface area contributed by atoms with E-state index in [4.69, 9.17) is 0 Å². The van der Waals surface area contributed by atoms with Crippen LogP contribution in [0.1, 0.15) is 48.8 Å². The molecule has 0 unspecified atom stereocenters. The molecule has 3 nitrogen and oxygen atoms in total. The Balaban J connectivity index is 1.78. The zero-order chi connectivity index (χ0) is 18.8. The Bertz CT molecular complexity index is 956. The molecule has 1 aliphatic heterocycles. The van der Waals surface area contributed by atoms with E-state index in [1.165, 1.54) is 11.6 Å². The van der Waals surface area contributed by atoms with E-state index in [-0.39, 0.29) is 17.6 Å². The standard InChI is InChI=1S/C23H25FN2O/c1-2-16-8-7-10-18-20(15-25-23(16)18)19(17-9-3-4-11-21(17)24)14-22(27)26-12-5-6-13-26/h3-4,7-11,15,19,25H,2,5-6,12-14H2,1H3/t19-/m0/s1. The molecule has 1 aliphatic rings. The van der Waals surface area contributed by atoms with Crippen LogP contribution in [0.3, 0.4) is 0 Å². The number of aromatic nitrogens is 1. The highest BCUT2D eigenvalue weighted by Crippen LogP contribution is 2.36. The summed E-state index contributed by atoms with van der Waals surface area (Å²) in [6.07, 6.45) is 5.29. The van der Waals surface area contributed by atoms with Crippen molar-refractivity contribution in [3.8, 4) is 0 Å². The maximum absolute atomic E-state index is 14.7. The number of para-hydroxylation sites is 1. The monoisotopic (exact) mass is 364 g/mol. The second kappa shape index (κ2) is 7.55. The summed E-state index contributed by atoms with van der Waals surface area (Å²) < 4.78 is 14.7. The number of nitrogens with zero attached hydrogens (tertiary/aromatic N) is 1. The van der Waals surface area contributed by atoms with Crippen LogP contribution in [0.2, 0.25) is 0 Å². The Kier molecular flexibility index (Phi) is 4.97. The van der Waals surface area contributed by atoms with Gasteiger partial charge in [0.05, 0.1) is 0 Å². The van der Waals surface area contributed by atoms with Crippen LogP contribution < -0.4 is 0 Å². The zero-order valence-electron chi connectivity index (χ0n) is 15.7. The lowest BCUT2D eigenvalue weighted by Crippen LogP contribution is -2.29. The quantitative estimate of drug-likeness (QED) is 0.678.